The van der Waals surface area contributed by atoms with E-state index in [0.717, 1.165) is 18.8 Å². The normalized spacial score (nSPS) is 16.6. The van der Waals surface area contributed by atoms with Crippen molar-refractivity contribution in [3.05, 3.63) is 53.7 Å². The highest BCUT2D eigenvalue weighted by atomic mass is 16.4. The summed E-state index contributed by atoms with van der Waals surface area (Å²) >= 11 is 0. The summed E-state index contributed by atoms with van der Waals surface area (Å²) in [7, 11) is 0. The van der Waals surface area contributed by atoms with Crippen molar-refractivity contribution >= 4 is 23.9 Å². The number of nitrogens with one attached hydrogen (secondary N) is 2. The second-order valence-corrected chi connectivity index (χ2v) is 10.1. The fourth-order valence-electron chi connectivity index (χ4n) is 5.03. The Kier molecular flexibility index (Phi) is 13.5. The number of piperidine rings is 1. The first-order valence-electron chi connectivity index (χ1n) is 14.3. The molecule has 0 atom stereocenters. The quantitative estimate of drug-likeness (QED) is 0.332. The molecule has 2 saturated heterocycles. The highest BCUT2D eigenvalue weighted by Crippen LogP contribution is 2.20. The van der Waals surface area contributed by atoms with Gasteiger partial charge in [0.2, 0.25) is 6.41 Å². The van der Waals surface area contributed by atoms with Crippen LogP contribution in [-0.4, -0.2) is 73.2 Å². The third-order valence-corrected chi connectivity index (χ3v) is 7.10. The first kappa shape index (κ1) is 29.4. The van der Waals surface area contributed by atoms with Crippen LogP contribution in [0.2, 0.25) is 0 Å². The number of aryl methyl sites for hydroxylation is 2. The Morgan fingerprint density at radius 1 is 0.974 bits per heavy atom. The number of fused-ring (bicyclic) bond motifs is 1. The zero-order chi connectivity index (χ0) is 26.8. The van der Waals surface area contributed by atoms with Crippen LogP contribution < -0.4 is 15.5 Å². The van der Waals surface area contributed by atoms with Gasteiger partial charge in [-0.2, -0.15) is 0 Å². The van der Waals surface area contributed by atoms with E-state index in [1.54, 1.807) is 0 Å². The van der Waals surface area contributed by atoms with Crippen LogP contribution in [0.15, 0.2) is 42.5 Å². The maximum Gasteiger partial charge on any atom is 0.305 e. The molecule has 8 nitrogen and oxygen atoms in total. The summed E-state index contributed by atoms with van der Waals surface area (Å²) in [5.74, 6) is 0.237. The fourth-order valence-corrected chi connectivity index (χ4v) is 5.03. The number of aliphatic carboxylic acids is 1. The third kappa shape index (κ3) is 11.1. The molecule has 0 radical (unpaired) electrons. The standard InChI is InChI=1S/C16H25N3.C10H13N.C4H7NO3/c1-2-11-19(12-3-1)13-5-7-15-9-8-14-6-4-10-17-16(14)18-15;1-2-6-10(7-3-1)11-8-4-5-9-11;6-3-5-2-1-4(7)8/h8-9H,1-7,10-13H2,(H,17,18);1-3,6-7H,4-5,8-9H2;3H,1-2H2,(H,5,6)(H,7,8). The summed E-state index contributed by atoms with van der Waals surface area (Å²) in [6.45, 7) is 7.62. The second-order valence-electron chi connectivity index (χ2n) is 10.1. The van der Waals surface area contributed by atoms with Crippen molar-refractivity contribution in [3.8, 4) is 0 Å². The molecule has 3 N–H and O–H groups in total. The number of hydrogen-bond donors (Lipinski definition) is 3. The van der Waals surface area contributed by atoms with Crippen LogP contribution in [0, 0.1) is 0 Å². The highest BCUT2D eigenvalue weighted by molar-refractivity contribution is 5.67. The number of aromatic nitrogens is 1. The van der Waals surface area contributed by atoms with Gasteiger partial charge in [0.1, 0.15) is 5.82 Å². The lowest BCUT2D eigenvalue weighted by Crippen LogP contribution is -2.30. The van der Waals surface area contributed by atoms with Gasteiger partial charge in [0, 0.05) is 37.6 Å². The molecule has 1 amide bonds. The minimum Gasteiger partial charge on any atom is -0.481 e. The van der Waals surface area contributed by atoms with E-state index in [0.29, 0.717) is 6.41 Å². The van der Waals surface area contributed by atoms with Gasteiger partial charge in [0.25, 0.3) is 0 Å². The molecule has 2 aromatic rings. The molecule has 4 heterocycles. The Labute approximate surface area is 227 Å². The van der Waals surface area contributed by atoms with Gasteiger partial charge in [0.05, 0.1) is 6.42 Å². The van der Waals surface area contributed by atoms with E-state index in [9.17, 15) is 9.59 Å². The van der Waals surface area contributed by atoms with E-state index in [-0.39, 0.29) is 13.0 Å². The Morgan fingerprint density at radius 2 is 1.71 bits per heavy atom. The molecular weight excluding hydrogens is 478 g/mol. The maximum atomic E-state index is 9.72. The number of carboxylic acid groups (broad SMARTS) is 1. The van der Waals surface area contributed by atoms with Crippen LogP contribution in [-0.2, 0) is 22.4 Å². The topological polar surface area (TPSA) is 97.8 Å². The largest absolute Gasteiger partial charge is 0.481 e. The molecule has 38 heavy (non-hydrogen) atoms. The summed E-state index contributed by atoms with van der Waals surface area (Å²) in [5.41, 5.74) is 4.03. The molecule has 0 bridgehead atoms. The number of anilines is 2. The zero-order valence-electron chi connectivity index (χ0n) is 22.7. The number of likely N-dealkylation sites (tertiary alicyclic amines) is 1. The number of carbonyl (C=O) groups excluding carboxylic acids is 1. The lowest BCUT2D eigenvalue weighted by molar-refractivity contribution is -0.136. The highest BCUT2D eigenvalue weighted by Gasteiger charge is 2.12. The van der Waals surface area contributed by atoms with Gasteiger partial charge in [-0.25, -0.2) is 4.98 Å². The third-order valence-electron chi connectivity index (χ3n) is 7.10. The van der Waals surface area contributed by atoms with Crippen molar-refractivity contribution < 1.29 is 14.7 Å². The molecule has 1 aromatic carbocycles. The fraction of sp³-hybridized carbons (Fsp3) is 0.567. The second kappa shape index (κ2) is 17.4. The number of nitrogens with zero attached hydrogens (tertiary/aromatic N) is 3. The number of amides is 1. The number of carbonyl (C=O) groups is 2. The summed E-state index contributed by atoms with van der Waals surface area (Å²) in [4.78, 5) is 29.0. The number of hydrogen-bond acceptors (Lipinski definition) is 6. The van der Waals surface area contributed by atoms with Crippen molar-refractivity contribution in [2.45, 2.75) is 64.2 Å². The lowest BCUT2D eigenvalue weighted by Gasteiger charge is -2.26. The molecule has 8 heteroatoms. The van der Waals surface area contributed by atoms with E-state index < -0.39 is 5.97 Å². The summed E-state index contributed by atoms with van der Waals surface area (Å²) in [6.07, 6.45) is 12.2. The van der Waals surface area contributed by atoms with E-state index >= 15 is 0 Å². The average Bonchev–Trinajstić information content (AvgIpc) is 3.50. The minimum absolute atomic E-state index is 0.0151. The molecule has 3 aliphatic heterocycles. The Bertz CT molecular complexity index is 944. The predicted octanol–water partition coefficient (Wildman–Crippen LogP) is 4.35. The van der Waals surface area contributed by atoms with Crippen molar-refractivity contribution in [1.29, 1.82) is 0 Å². The van der Waals surface area contributed by atoms with Crippen LogP contribution in [0.4, 0.5) is 11.5 Å². The Hall–Kier alpha value is -3.13. The van der Waals surface area contributed by atoms with Crippen molar-refractivity contribution in [2.75, 3.05) is 56.0 Å². The smallest absolute Gasteiger partial charge is 0.305 e. The van der Waals surface area contributed by atoms with Gasteiger partial charge in [0.15, 0.2) is 0 Å². The zero-order valence-corrected chi connectivity index (χ0v) is 22.7. The van der Waals surface area contributed by atoms with E-state index in [2.05, 4.69) is 62.9 Å². The van der Waals surface area contributed by atoms with Gasteiger partial charge in [-0.1, -0.05) is 30.7 Å². The van der Waals surface area contributed by atoms with Crippen LogP contribution in [0.3, 0.4) is 0 Å². The van der Waals surface area contributed by atoms with Crippen molar-refractivity contribution in [2.24, 2.45) is 0 Å². The van der Waals surface area contributed by atoms with Gasteiger partial charge in [-0.15, -0.1) is 0 Å². The van der Waals surface area contributed by atoms with Gasteiger partial charge in [-0.05, 0) is 94.8 Å². The van der Waals surface area contributed by atoms with Gasteiger partial charge < -0.3 is 25.5 Å². The molecule has 2 fully saturated rings. The van der Waals surface area contributed by atoms with E-state index in [1.807, 2.05) is 0 Å². The van der Waals surface area contributed by atoms with Crippen LogP contribution >= 0.6 is 0 Å². The van der Waals surface area contributed by atoms with Crippen LogP contribution in [0.25, 0.3) is 0 Å². The Balaban J connectivity index is 0.000000178. The molecule has 0 unspecified atom stereocenters. The first-order chi connectivity index (χ1) is 18.7. The summed E-state index contributed by atoms with van der Waals surface area (Å²) in [5, 5.41) is 13.6. The van der Waals surface area contributed by atoms with Crippen LogP contribution in [0.1, 0.15) is 62.6 Å². The number of para-hydroxylation sites is 1. The first-order valence-corrected chi connectivity index (χ1v) is 14.3. The summed E-state index contributed by atoms with van der Waals surface area (Å²) < 4.78 is 0. The average molecular weight is 524 g/mol. The SMILES string of the molecule is O=CNCCC(=O)O.c1cc2c(nc1CCCN1CCCCC1)NCCC2.c1ccc(N2CCCC2)cc1. The number of carboxylic acids is 1. The van der Waals surface area contributed by atoms with Crippen molar-refractivity contribution in [1.82, 2.24) is 15.2 Å². The molecule has 5 rings (SSSR count). The number of benzene rings is 1. The molecule has 208 valence electrons. The van der Waals surface area contributed by atoms with Crippen molar-refractivity contribution in [3.63, 3.8) is 0 Å². The van der Waals surface area contributed by atoms with E-state index in [4.69, 9.17) is 10.1 Å². The number of rotatable bonds is 9. The number of pyridine rings is 1. The Morgan fingerprint density at radius 3 is 2.42 bits per heavy atom. The van der Waals surface area contributed by atoms with Crippen LogP contribution in [0.5, 0.6) is 0 Å². The molecule has 0 spiro atoms. The van der Waals surface area contributed by atoms with Gasteiger partial charge in [-0.3, -0.25) is 9.59 Å². The molecular formula is C30H45N5O3. The lowest BCUT2D eigenvalue weighted by atomic mass is 10.1. The maximum absolute atomic E-state index is 9.72. The minimum atomic E-state index is -0.903. The predicted molar refractivity (Wildman–Crippen MR) is 154 cm³/mol. The molecule has 0 saturated carbocycles. The molecule has 1 aromatic heterocycles. The summed E-state index contributed by atoms with van der Waals surface area (Å²) in [6, 6.07) is 15.1. The van der Waals surface area contributed by atoms with Gasteiger partial charge >= 0.3 is 5.97 Å². The molecule has 3 aliphatic rings. The molecule has 0 aliphatic carbocycles. The monoisotopic (exact) mass is 523 g/mol. The van der Waals surface area contributed by atoms with E-state index in [1.165, 1.54) is 101 Å².